The second kappa shape index (κ2) is 6.45. The van der Waals surface area contributed by atoms with Crippen LogP contribution in [0.15, 0.2) is 4.34 Å². The quantitative estimate of drug-likeness (QED) is 0.782. The number of aryl methyl sites for hydroxylation is 1. The van der Waals surface area contributed by atoms with Crippen LogP contribution in [0.25, 0.3) is 0 Å². The van der Waals surface area contributed by atoms with Gasteiger partial charge in [0, 0.05) is 11.3 Å². The van der Waals surface area contributed by atoms with Gasteiger partial charge in [0.2, 0.25) is 0 Å². The minimum absolute atomic E-state index is 0.544. The largest absolute Gasteiger partial charge is 0.313 e. The molecule has 0 aromatic carbocycles. The normalized spacial score (nSPS) is 15.2. The lowest BCUT2D eigenvalue weighted by Crippen LogP contribution is -2.35. The number of aromatic nitrogens is 2. The molecule has 1 N–H and O–H groups in total. The highest BCUT2D eigenvalue weighted by Gasteiger charge is 2.17. The first-order chi connectivity index (χ1) is 7.17. The predicted molar refractivity (Wildman–Crippen MR) is 67.7 cm³/mol. The van der Waals surface area contributed by atoms with E-state index in [-0.39, 0.29) is 0 Å². The second-order valence-electron chi connectivity index (χ2n) is 3.48. The van der Waals surface area contributed by atoms with E-state index in [1.807, 2.05) is 18.7 Å². The summed E-state index contributed by atoms with van der Waals surface area (Å²) < 4.78 is 1.08. The molecular weight excluding hydrogens is 226 g/mol. The van der Waals surface area contributed by atoms with Gasteiger partial charge in [0.1, 0.15) is 5.01 Å². The lowest BCUT2D eigenvalue weighted by atomic mass is 10.2. The van der Waals surface area contributed by atoms with Crippen LogP contribution in [0.1, 0.15) is 32.2 Å². The van der Waals surface area contributed by atoms with Crippen molar-refractivity contribution in [3.05, 3.63) is 5.01 Å². The van der Waals surface area contributed by atoms with Crippen molar-refractivity contribution < 1.29 is 0 Å². The molecule has 2 atom stereocenters. The van der Waals surface area contributed by atoms with Crippen molar-refractivity contribution >= 4 is 23.1 Å². The van der Waals surface area contributed by atoms with E-state index in [1.54, 1.807) is 11.3 Å². The van der Waals surface area contributed by atoms with Gasteiger partial charge in [0.25, 0.3) is 0 Å². The molecule has 0 saturated carbocycles. The Morgan fingerprint density at radius 1 is 1.40 bits per heavy atom. The molecule has 15 heavy (non-hydrogen) atoms. The van der Waals surface area contributed by atoms with Crippen molar-refractivity contribution in [1.29, 1.82) is 0 Å². The fraction of sp³-hybridized carbons (Fsp3) is 0.800. The highest BCUT2D eigenvalue weighted by molar-refractivity contribution is 8.01. The first kappa shape index (κ1) is 12.9. The number of hydrogen-bond acceptors (Lipinski definition) is 5. The van der Waals surface area contributed by atoms with E-state index in [1.165, 1.54) is 0 Å². The first-order valence-electron chi connectivity index (χ1n) is 5.37. The summed E-state index contributed by atoms with van der Waals surface area (Å²) >= 11 is 3.49. The van der Waals surface area contributed by atoms with Crippen LogP contribution in [0.4, 0.5) is 0 Å². The molecule has 1 aromatic heterocycles. The van der Waals surface area contributed by atoms with Crippen molar-refractivity contribution in [2.75, 3.05) is 6.54 Å². The lowest BCUT2D eigenvalue weighted by molar-refractivity contribution is 0.509. The zero-order chi connectivity index (χ0) is 11.3. The van der Waals surface area contributed by atoms with E-state index < -0.39 is 0 Å². The van der Waals surface area contributed by atoms with Gasteiger partial charge in [-0.05, 0) is 19.9 Å². The van der Waals surface area contributed by atoms with Gasteiger partial charge < -0.3 is 5.32 Å². The Morgan fingerprint density at radius 3 is 2.60 bits per heavy atom. The topological polar surface area (TPSA) is 37.8 Å². The summed E-state index contributed by atoms with van der Waals surface area (Å²) in [6.45, 7) is 9.63. The Balaban J connectivity index is 2.49. The zero-order valence-corrected chi connectivity index (χ0v) is 11.4. The number of rotatable bonds is 6. The van der Waals surface area contributed by atoms with Gasteiger partial charge in [-0.1, -0.05) is 43.9 Å². The van der Waals surface area contributed by atoms with Crippen LogP contribution in [0.5, 0.6) is 0 Å². The van der Waals surface area contributed by atoms with E-state index in [0.717, 1.165) is 22.3 Å². The average molecular weight is 245 g/mol. The predicted octanol–water partition coefficient (Wildman–Crippen LogP) is 2.72. The first-order valence-corrected chi connectivity index (χ1v) is 7.07. The summed E-state index contributed by atoms with van der Waals surface area (Å²) in [6, 6.07) is 0.559. The SMILES string of the molecule is CCNC(CC)C(C)Sc1nnc(C)s1. The summed E-state index contributed by atoms with van der Waals surface area (Å²) in [6.07, 6.45) is 1.15. The van der Waals surface area contributed by atoms with Crippen LogP contribution in [-0.2, 0) is 0 Å². The summed E-state index contributed by atoms with van der Waals surface area (Å²) in [5.41, 5.74) is 0. The molecule has 0 amide bonds. The third-order valence-electron chi connectivity index (χ3n) is 2.27. The van der Waals surface area contributed by atoms with Gasteiger partial charge >= 0.3 is 0 Å². The van der Waals surface area contributed by atoms with Crippen LogP contribution in [-0.4, -0.2) is 28.0 Å². The van der Waals surface area contributed by atoms with E-state index >= 15 is 0 Å². The number of thioether (sulfide) groups is 1. The summed E-state index contributed by atoms with van der Waals surface area (Å²) in [5, 5.41) is 13.2. The Hall–Kier alpha value is -0.130. The smallest absolute Gasteiger partial charge is 0.174 e. The third-order valence-corrected chi connectivity index (χ3v) is 4.42. The highest BCUT2D eigenvalue weighted by Crippen LogP contribution is 2.28. The van der Waals surface area contributed by atoms with Crippen LogP contribution < -0.4 is 5.32 Å². The van der Waals surface area contributed by atoms with Crippen LogP contribution >= 0.6 is 23.1 Å². The van der Waals surface area contributed by atoms with Gasteiger partial charge in [0.15, 0.2) is 4.34 Å². The van der Waals surface area contributed by atoms with Gasteiger partial charge in [-0.25, -0.2) is 0 Å². The minimum Gasteiger partial charge on any atom is -0.313 e. The van der Waals surface area contributed by atoms with Crippen molar-refractivity contribution in [1.82, 2.24) is 15.5 Å². The maximum Gasteiger partial charge on any atom is 0.174 e. The Labute approximate surface area is 100 Å². The Morgan fingerprint density at radius 2 is 2.13 bits per heavy atom. The molecular formula is C10H19N3S2. The molecule has 1 rings (SSSR count). The standard InChI is InChI=1S/C10H19N3S2/c1-5-9(11-6-2)7(3)14-10-13-12-8(4)15-10/h7,9,11H,5-6H2,1-4H3. The number of hydrogen-bond donors (Lipinski definition) is 1. The molecule has 0 fully saturated rings. The van der Waals surface area contributed by atoms with Crippen molar-refractivity contribution in [3.8, 4) is 0 Å². The fourth-order valence-corrected chi connectivity index (χ4v) is 3.76. The summed E-state index contributed by atoms with van der Waals surface area (Å²) in [7, 11) is 0. The Kier molecular flexibility index (Phi) is 5.56. The van der Waals surface area contributed by atoms with Crippen LogP contribution in [0.2, 0.25) is 0 Å². The molecule has 2 unspecified atom stereocenters. The van der Waals surface area contributed by atoms with E-state index in [4.69, 9.17) is 0 Å². The molecule has 0 spiro atoms. The maximum absolute atomic E-state index is 4.14. The van der Waals surface area contributed by atoms with Gasteiger partial charge in [-0.15, -0.1) is 10.2 Å². The van der Waals surface area contributed by atoms with Crippen molar-refractivity contribution in [3.63, 3.8) is 0 Å². The molecule has 0 saturated heterocycles. The second-order valence-corrected chi connectivity index (χ2v) is 6.29. The molecule has 0 aliphatic rings. The van der Waals surface area contributed by atoms with Crippen LogP contribution in [0, 0.1) is 6.92 Å². The monoisotopic (exact) mass is 245 g/mol. The molecule has 1 heterocycles. The van der Waals surface area contributed by atoms with Crippen molar-refractivity contribution in [2.45, 2.75) is 49.7 Å². The molecule has 0 aliphatic heterocycles. The van der Waals surface area contributed by atoms with Gasteiger partial charge in [0.05, 0.1) is 0 Å². The third kappa shape index (κ3) is 4.09. The maximum atomic E-state index is 4.14. The molecule has 3 nitrogen and oxygen atoms in total. The zero-order valence-electron chi connectivity index (χ0n) is 9.78. The highest BCUT2D eigenvalue weighted by atomic mass is 32.2. The molecule has 0 bridgehead atoms. The van der Waals surface area contributed by atoms with Gasteiger partial charge in [-0.3, -0.25) is 0 Å². The minimum atomic E-state index is 0.544. The van der Waals surface area contributed by atoms with Crippen LogP contribution in [0.3, 0.4) is 0 Å². The molecule has 0 aliphatic carbocycles. The summed E-state index contributed by atoms with van der Waals surface area (Å²) in [5.74, 6) is 0. The van der Waals surface area contributed by atoms with E-state index in [9.17, 15) is 0 Å². The molecule has 1 aromatic rings. The lowest BCUT2D eigenvalue weighted by Gasteiger charge is -2.21. The average Bonchev–Trinajstić information content (AvgIpc) is 2.60. The fourth-order valence-electron chi connectivity index (χ4n) is 1.47. The number of nitrogens with one attached hydrogen (secondary N) is 1. The van der Waals surface area contributed by atoms with E-state index in [2.05, 4.69) is 36.3 Å². The van der Waals surface area contributed by atoms with Crippen molar-refractivity contribution in [2.24, 2.45) is 0 Å². The number of nitrogens with zero attached hydrogens (tertiary/aromatic N) is 2. The molecule has 5 heteroatoms. The molecule has 86 valence electrons. The summed E-state index contributed by atoms with van der Waals surface area (Å²) in [4.78, 5) is 0. The Bertz CT molecular complexity index is 288. The molecule has 0 radical (unpaired) electrons. The van der Waals surface area contributed by atoms with Gasteiger partial charge in [-0.2, -0.15) is 0 Å². The van der Waals surface area contributed by atoms with E-state index in [0.29, 0.717) is 11.3 Å².